The van der Waals surface area contributed by atoms with Crippen LogP contribution in [0.25, 0.3) is 0 Å². The second kappa shape index (κ2) is 8.08. The number of benzene rings is 1. The summed E-state index contributed by atoms with van der Waals surface area (Å²) in [6, 6.07) is 5.76. The maximum atomic E-state index is 12.3. The molecule has 9 nitrogen and oxygen atoms in total. The van der Waals surface area contributed by atoms with E-state index in [9.17, 15) is 18.0 Å². The summed E-state index contributed by atoms with van der Waals surface area (Å²) < 4.78 is 27.0. The number of sulfonamides is 1. The monoisotopic (exact) mass is 367 g/mol. The highest BCUT2D eigenvalue weighted by Gasteiger charge is 2.17. The molecule has 0 spiro atoms. The van der Waals surface area contributed by atoms with Crippen LogP contribution >= 0.6 is 0 Å². The number of amides is 1. The fourth-order valence-electron chi connectivity index (χ4n) is 2.25. The van der Waals surface area contributed by atoms with Crippen LogP contribution in [0.3, 0.4) is 0 Å². The van der Waals surface area contributed by atoms with Crippen LogP contribution in [0.2, 0.25) is 0 Å². The van der Waals surface area contributed by atoms with Crippen LogP contribution < -0.4 is 15.7 Å². The summed E-state index contributed by atoms with van der Waals surface area (Å²) in [7, 11) is -3.85. The van der Waals surface area contributed by atoms with Crippen molar-refractivity contribution in [2.75, 3.05) is 0 Å². The van der Waals surface area contributed by atoms with Crippen LogP contribution in [0, 0.1) is 0 Å². The molecule has 1 aromatic carbocycles. The Labute approximate surface area is 145 Å². The number of aromatic nitrogens is 3. The second-order valence-electron chi connectivity index (χ2n) is 5.64. The molecule has 2 aromatic rings. The summed E-state index contributed by atoms with van der Waals surface area (Å²) in [6.45, 7) is 3.74. The molecule has 0 bridgehead atoms. The average molecular weight is 367 g/mol. The third-order valence-corrected chi connectivity index (χ3v) is 4.88. The quantitative estimate of drug-likeness (QED) is 0.538. The fraction of sp³-hybridized carbons (Fsp3) is 0.400. The third-order valence-electron chi connectivity index (χ3n) is 3.49. The van der Waals surface area contributed by atoms with E-state index in [0.29, 0.717) is 0 Å². The molecule has 10 heteroatoms. The van der Waals surface area contributed by atoms with Gasteiger partial charge in [0.1, 0.15) is 5.82 Å². The maximum absolute atomic E-state index is 12.3. The lowest BCUT2D eigenvalue weighted by Crippen LogP contribution is -2.32. The van der Waals surface area contributed by atoms with Crippen molar-refractivity contribution >= 4 is 15.9 Å². The van der Waals surface area contributed by atoms with Crippen LogP contribution in [-0.2, 0) is 16.6 Å². The summed E-state index contributed by atoms with van der Waals surface area (Å²) in [6.07, 6.45) is 1.78. The van der Waals surface area contributed by atoms with E-state index in [0.717, 1.165) is 12.8 Å². The van der Waals surface area contributed by atoms with Crippen molar-refractivity contribution in [3.63, 3.8) is 0 Å². The molecule has 1 atom stereocenters. The molecule has 0 aliphatic heterocycles. The minimum absolute atomic E-state index is 0.00683. The predicted molar refractivity (Wildman–Crippen MR) is 91.5 cm³/mol. The van der Waals surface area contributed by atoms with Gasteiger partial charge in [0.2, 0.25) is 10.0 Å². The zero-order chi connectivity index (χ0) is 18.4. The molecule has 0 aliphatic carbocycles. The Hall–Kier alpha value is -2.46. The van der Waals surface area contributed by atoms with E-state index in [2.05, 4.69) is 25.2 Å². The lowest BCUT2D eigenvalue weighted by atomic mass is 10.1. The molecule has 0 fully saturated rings. The van der Waals surface area contributed by atoms with Gasteiger partial charge >= 0.3 is 5.69 Å². The molecule has 0 saturated heterocycles. The molecule has 1 aromatic heterocycles. The number of nitrogens with one attached hydrogen (secondary N) is 4. The van der Waals surface area contributed by atoms with Gasteiger partial charge in [-0.3, -0.25) is 9.78 Å². The lowest BCUT2D eigenvalue weighted by molar-refractivity contribution is 0.0938. The van der Waals surface area contributed by atoms with Crippen molar-refractivity contribution in [1.82, 2.24) is 25.2 Å². The predicted octanol–water partition coefficient (Wildman–Crippen LogP) is 0.495. The number of carbonyl (C=O) groups is 1. The molecule has 1 amide bonds. The number of rotatable bonds is 8. The van der Waals surface area contributed by atoms with Gasteiger partial charge in [-0.2, -0.15) is 5.10 Å². The highest BCUT2D eigenvalue weighted by atomic mass is 32.2. The molecule has 136 valence electrons. The molecule has 1 heterocycles. The lowest BCUT2D eigenvalue weighted by Gasteiger charge is -2.13. The largest absolute Gasteiger partial charge is 0.350 e. The van der Waals surface area contributed by atoms with Crippen molar-refractivity contribution in [1.29, 1.82) is 0 Å². The van der Waals surface area contributed by atoms with Gasteiger partial charge in [0, 0.05) is 11.6 Å². The van der Waals surface area contributed by atoms with Gasteiger partial charge in [-0.25, -0.2) is 23.0 Å². The topological polar surface area (TPSA) is 137 Å². The highest BCUT2D eigenvalue weighted by molar-refractivity contribution is 7.89. The highest BCUT2D eigenvalue weighted by Crippen LogP contribution is 2.12. The minimum Gasteiger partial charge on any atom is -0.350 e. The molecule has 0 aliphatic rings. The van der Waals surface area contributed by atoms with Gasteiger partial charge < -0.3 is 5.32 Å². The smallest absolute Gasteiger partial charge is 0.340 e. The van der Waals surface area contributed by atoms with E-state index < -0.39 is 15.7 Å². The molecule has 25 heavy (non-hydrogen) atoms. The van der Waals surface area contributed by atoms with Crippen molar-refractivity contribution in [2.45, 2.75) is 44.2 Å². The molecular weight excluding hydrogens is 346 g/mol. The van der Waals surface area contributed by atoms with Crippen LogP contribution in [0.1, 0.15) is 42.9 Å². The summed E-state index contributed by atoms with van der Waals surface area (Å²) in [5.41, 5.74) is -0.256. The Morgan fingerprint density at radius 3 is 2.76 bits per heavy atom. The van der Waals surface area contributed by atoms with Gasteiger partial charge in [0.05, 0.1) is 11.4 Å². The van der Waals surface area contributed by atoms with E-state index in [-0.39, 0.29) is 34.8 Å². The number of nitrogens with zero attached hydrogens (tertiary/aromatic N) is 1. The molecule has 0 radical (unpaired) electrons. The fourth-order valence-corrected chi connectivity index (χ4v) is 3.29. The average Bonchev–Trinajstić information content (AvgIpc) is 2.99. The van der Waals surface area contributed by atoms with E-state index in [4.69, 9.17) is 0 Å². The summed E-state index contributed by atoms with van der Waals surface area (Å²) in [4.78, 5) is 25.5. The number of carbonyl (C=O) groups excluding carboxylic acids is 1. The normalized spacial score (nSPS) is 12.7. The summed E-state index contributed by atoms with van der Waals surface area (Å²) in [5.74, 6) is -0.162. The van der Waals surface area contributed by atoms with Crippen molar-refractivity contribution in [3.8, 4) is 0 Å². The molecule has 2 rings (SSSR count). The summed E-state index contributed by atoms with van der Waals surface area (Å²) in [5, 5.41) is 8.60. The Kier molecular flexibility index (Phi) is 6.10. The third kappa shape index (κ3) is 5.26. The number of aromatic amines is 2. The van der Waals surface area contributed by atoms with E-state index in [1.165, 1.54) is 18.2 Å². The Morgan fingerprint density at radius 2 is 2.12 bits per heavy atom. The first kappa shape index (κ1) is 18.9. The number of hydrogen-bond acceptors (Lipinski definition) is 5. The van der Waals surface area contributed by atoms with Gasteiger partial charge in [0.25, 0.3) is 5.91 Å². The van der Waals surface area contributed by atoms with Crippen LogP contribution in [-0.4, -0.2) is 35.5 Å². The van der Waals surface area contributed by atoms with Crippen molar-refractivity contribution in [3.05, 3.63) is 46.1 Å². The van der Waals surface area contributed by atoms with Crippen LogP contribution in [0.4, 0.5) is 0 Å². The van der Waals surface area contributed by atoms with Gasteiger partial charge in [-0.05, 0) is 31.5 Å². The van der Waals surface area contributed by atoms with Crippen LogP contribution in [0.5, 0.6) is 0 Å². The molecular formula is C15H21N5O4S. The zero-order valence-corrected chi connectivity index (χ0v) is 14.8. The maximum Gasteiger partial charge on any atom is 0.340 e. The van der Waals surface area contributed by atoms with E-state index >= 15 is 0 Å². The Bertz CT molecular complexity index is 887. The standard InChI is InChI=1S/C15H21N5O4S/c1-3-5-10(2)17-14(21)11-6-4-7-12(8-11)25(23,24)16-9-13-18-15(22)20-19-13/h4,6-8,10,16H,3,5,9H2,1-2H3,(H,17,21)(H2,18,19,20,22)/t10-/m0/s1. The first-order valence-electron chi connectivity index (χ1n) is 7.86. The van der Waals surface area contributed by atoms with Crippen LogP contribution in [0.15, 0.2) is 34.0 Å². The molecule has 4 N–H and O–H groups in total. The SMILES string of the molecule is CCC[C@H](C)NC(=O)c1cccc(S(=O)(=O)NCc2n[nH]c(=O)[nH]2)c1. The van der Waals surface area contributed by atoms with E-state index in [1.807, 2.05) is 13.8 Å². The Balaban J connectivity index is 2.10. The summed E-state index contributed by atoms with van der Waals surface area (Å²) >= 11 is 0. The first-order chi connectivity index (χ1) is 11.8. The van der Waals surface area contributed by atoms with E-state index in [1.54, 1.807) is 6.07 Å². The van der Waals surface area contributed by atoms with Gasteiger partial charge in [-0.15, -0.1) is 0 Å². The van der Waals surface area contributed by atoms with Gasteiger partial charge in [-0.1, -0.05) is 19.4 Å². The molecule has 0 saturated carbocycles. The minimum atomic E-state index is -3.85. The number of H-pyrrole nitrogens is 2. The van der Waals surface area contributed by atoms with Crippen molar-refractivity contribution in [2.24, 2.45) is 0 Å². The van der Waals surface area contributed by atoms with Gasteiger partial charge in [0.15, 0.2) is 0 Å². The Morgan fingerprint density at radius 1 is 1.36 bits per heavy atom. The first-order valence-corrected chi connectivity index (χ1v) is 9.34. The molecule has 0 unspecified atom stereocenters. The van der Waals surface area contributed by atoms with Crippen molar-refractivity contribution < 1.29 is 13.2 Å². The zero-order valence-electron chi connectivity index (χ0n) is 14.0. The second-order valence-corrected chi connectivity index (χ2v) is 7.41. The number of hydrogen-bond donors (Lipinski definition) is 4.